The zero-order valence-corrected chi connectivity index (χ0v) is 13.5. The van der Waals surface area contributed by atoms with Crippen LogP contribution in [0, 0.1) is 6.92 Å². The highest BCUT2D eigenvalue weighted by Crippen LogP contribution is 2.14. The lowest BCUT2D eigenvalue weighted by molar-refractivity contribution is 0.0234. The van der Waals surface area contributed by atoms with E-state index in [9.17, 15) is 4.79 Å². The van der Waals surface area contributed by atoms with E-state index in [4.69, 9.17) is 16.3 Å². The molecule has 0 heterocycles. The van der Waals surface area contributed by atoms with Gasteiger partial charge in [0.2, 0.25) is 0 Å². The fourth-order valence-corrected chi connectivity index (χ4v) is 1.85. The van der Waals surface area contributed by atoms with Crippen LogP contribution in [0.4, 0.5) is 4.79 Å². The van der Waals surface area contributed by atoms with Gasteiger partial charge >= 0.3 is 6.09 Å². The van der Waals surface area contributed by atoms with Crippen molar-refractivity contribution in [1.82, 2.24) is 4.90 Å². The van der Waals surface area contributed by atoms with E-state index in [1.54, 1.807) is 4.90 Å². The van der Waals surface area contributed by atoms with E-state index in [0.717, 1.165) is 12.0 Å². The Balaban J connectivity index is 2.73. The normalized spacial score (nSPS) is 11.2. The molecule has 1 amide bonds. The Morgan fingerprint density at radius 2 is 1.85 bits per heavy atom. The zero-order chi connectivity index (χ0) is 15.2. The lowest BCUT2D eigenvalue weighted by atomic mass is 10.1. The second-order valence-corrected chi connectivity index (χ2v) is 6.31. The molecule has 4 heteroatoms. The smallest absolute Gasteiger partial charge is 0.410 e. The number of halogens is 1. The molecule has 0 aliphatic carbocycles. The Morgan fingerprint density at radius 1 is 1.25 bits per heavy atom. The van der Waals surface area contributed by atoms with E-state index in [1.165, 1.54) is 5.56 Å². The van der Waals surface area contributed by atoms with Crippen LogP contribution in [0.25, 0.3) is 0 Å². The van der Waals surface area contributed by atoms with Gasteiger partial charge < -0.3 is 9.64 Å². The quantitative estimate of drug-likeness (QED) is 0.756. The fourth-order valence-electron chi connectivity index (χ4n) is 1.73. The van der Waals surface area contributed by atoms with Crippen molar-refractivity contribution in [2.24, 2.45) is 0 Å². The van der Waals surface area contributed by atoms with Crippen LogP contribution < -0.4 is 0 Å². The van der Waals surface area contributed by atoms with Gasteiger partial charge in [0.15, 0.2) is 0 Å². The molecule has 0 fully saturated rings. The predicted octanol–water partition coefficient (Wildman–Crippen LogP) is 4.36. The van der Waals surface area contributed by atoms with Crippen LogP contribution in [0.15, 0.2) is 24.3 Å². The minimum atomic E-state index is -0.483. The summed E-state index contributed by atoms with van der Waals surface area (Å²) in [7, 11) is 0. The maximum atomic E-state index is 12.2. The second-order valence-electron chi connectivity index (χ2n) is 5.93. The fraction of sp³-hybridized carbons (Fsp3) is 0.562. The van der Waals surface area contributed by atoms with Gasteiger partial charge in [0.1, 0.15) is 5.60 Å². The summed E-state index contributed by atoms with van der Waals surface area (Å²) < 4.78 is 5.44. The van der Waals surface area contributed by atoms with Crippen LogP contribution in [0.5, 0.6) is 0 Å². The number of hydrogen-bond donors (Lipinski definition) is 0. The summed E-state index contributed by atoms with van der Waals surface area (Å²) >= 11 is 5.73. The van der Waals surface area contributed by atoms with E-state index < -0.39 is 5.60 Å². The Bertz CT molecular complexity index is 423. The van der Waals surface area contributed by atoms with Crippen molar-refractivity contribution < 1.29 is 9.53 Å². The van der Waals surface area contributed by atoms with E-state index >= 15 is 0 Å². The number of benzene rings is 1. The third-order valence-electron chi connectivity index (χ3n) is 2.71. The minimum Gasteiger partial charge on any atom is -0.444 e. The molecule has 1 rings (SSSR count). The third-order valence-corrected chi connectivity index (χ3v) is 2.97. The average molecular weight is 298 g/mol. The SMILES string of the molecule is Cc1ccc(CN(CCCCl)C(=O)OC(C)(C)C)cc1. The molecule has 0 aliphatic rings. The highest BCUT2D eigenvalue weighted by atomic mass is 35.5. The van der Waals surface area contributed by atoms with Crippen LogP contribution in [-0.2, 0) is 11.3 Å². The molecule has 0 N–H and O–H groups in total. The molecule has 1 aromatic carbocycles. The summed E-state index contributed by atoms with van der Waals surface area (Å²) in [6, 6.07) is 8.16. The first-order valence-corrected chi connectivity index (χ1v) is 7.45. The van der Waals surface area contributed by atoms with E-state index in [0.29, 0.717) is 19.0 Å². The van der Waals surface area contributed by atoms with Crippen molar-refractivity contribution in [3.05, 3.63) is 35.4 Å². The first-order valence-electron chi connectivity index (χ1n) is 6.91. The summed E-state index contributed by atoms with van der Waals surface area (Å²) in [6.07, 6.45) is 0.468. The monoisotopic (exact) mass is 297 g/mol. The standard InChI is InChI=1S/C16H24ClNO2/c1-13-6-8-14(9-7-13)12-18(11-5-10-17)15(19)20-16(2,3)4/h6-9H,5,10-12H2,1-4H3. The van der Waals surface area contributed by atoms with Crippen molar-refractivity contribution in [3.8, 4) is 0 Å². The van der Waals surface area contributed by atoms with Gasteiger partial charge in [-0.25, -0.2) is 4.79 Å². The zero-order valence-electron chi connectivity index (χ0n) is 12.8. The number of alkyl halides is 1. The van der Waals surface area contributed by atoms with E-state index in [2.05, 4.69) is 0 Å². The van der Waals surface area contributed by atoms with Crippen LogP contribution in [0.2, 0.25) is 0 Å². The summed E-state index contributed by atoms with van der Waals surface area (Å²) in [4.78, 5) is 13.9. The first-order chi connectivity index (χ1) is 9.31. The molecule has 0 atom stereocenters. The Kier molecular flexibility index (Phi) is 6.34. The number of nitrogens with zero attached hydrogens (tertiary/aromatic N) is 1. The molecular formula is C16H24ClNO2. The molecule has 0 spiro atoms. The third kappa shape index (κ3) is 6.29. The Labute approximate surface area is 126 Å². The van der Waals surface area contributed by atoms with Gasteiger partial charge in [0.05, 0.1) is 0 Å². The van der Waals surface area contributed by atoms with Crippen molar-refractivity contribution >= 4 is 17.7 Å². The molecule has 0 saturated heterocycles. The molecule has 112 valence electrons. The van der Waals surface area contributed by atoms with Crippen molar-refractivity contribution in [3.63, 3.8) is 0 Å². The molecule has 0 aromatic heterocycles. The van der Waals surface area contributed by atoms with Crippen LogP contribution >= 0.6 is 11.6 Å². The topological polar surface area (TPSA) is 29.5 Å². The molecule has 0 radical (unpaired) electrons. The Morgan fingerprint density at radius 3 is 2.35 bits per heavy atom. The molecule has 1 aromatic rings. The Hall–Kier alpha value is -1.22. The van der Waals surface area contributed by atoms with Gasteiger partial charge in [0, 0.05) is 19.0 Å². The predicted molar refractivity (Wildman–Crippen MR) is 83.2 cm³/mol. The highest BCUT2D eigenvalue weighted by molar-refractivity contribution is 6.17. The maximum Gasteiger partial charge on any atom is 0.410 e. The van der Waals surface area contributed by atoms with Gasteiger partial charge in [-0.05, 0) is 39.7 Å². The van der Waals surface area contributed by atoms with Gasteiger partial charge in [-0.1, -0.05) is 29.8 Å². The lowest BCUT2D eigenvalue weighted by Crippen LogP contribution is -2.37. The molecule has 0 unspecified atom stereocenters. The minimum absolute atomic E-state index is 0.289. The van der Waals surface area contributed by atoms with Crippen LogP contribution in [0.1, 0.15) is 38.3 Å². The molecular weight excluding hydrogens is 274 g/mol. The number of carbonyl (C=O) groups excluding carboxylic acids is 1. The summed E-state index contributed by atoms with van der Waals surface area (Å²) in [6.45, 7) is 8.81. The lowest BCUT2D eigenvalue weighted by Gasteiger charge is -2.27. The number of amides is 1. The highest BCUT2D eigenvalue weighted by Gasteiger charge is 2.21. The molecule has 20 heavy (non-hydrogen) atoms. The molecule has 3 nitrogen and oxygen atoms in total. The van der Waals surface area contributed by atoms with Crippen LogP contribution in [-0.4, -0.2) is 29.0 Å². The van der Waals surface area contributed by atoms with E-state index in [1.807, 2.05) is 52.0 Å². The summed E-state index contributed by atoms with van der Waals surface area (Å²) in [5, 5.41) is 0. The van der Waals surface area contributed by atoms with Crippen molar-refractivity contribution in [2.45, 2.75) is 46.3 Å². The number of ether oxygens (including phenoxy) is 1. The number of carbonyl (C=O) groups is 1. The van der Waals surface area contributed by atoms with Gasteiger partial charge in [-0.2, -0.15) is 0 Å². The van der Waals surface area contributed by atoms with Gasteiger partial charge in [-0.15, -0.1) is 11.6 Å². The maximum absolute atomic E-state index is 12.2. The van der Waals surface area contributed by atoms with Crippen molar-refractivity contribution in [2.75, 3.05) is 12.4 Å². The summed E-state index contributed by atoms with van der Waals surface area (Å²) in [5.41, 5.74) is 1.82. The first kappa shape index (κ1) is 16.8. The molecule has 0 bridgehead atoms. The number of hydrogen-bond acceptors (Lipinski definition) is 2. The second kappa shape index (κ2) is 7.53. The van der Waals surface area contributed by atoms with E-state index in [-0.39, 0.29) is 6.09 Å². The van der Waals surface area contributed by atoms with Crippen LogP contribution in [0.3, 0.4) is 0 Å². The van der Waals surface area contributed by atoms with Gasteiger partial charge in [0.25, 0.3) is 0 Å². The molecule has 0 saturated carbocycles. The summed E-state index contributed by atoms with van der Waals surface area (Å²) in [5.74, 6) is 0.535. The largest absolute Gasteiger partial charge is 0.444 e. The number of rotatable bonds is 5. The molecule has 0 aliphatic heterocycles. The number of aryl methyl sites for hydroxylation is 1. The van der Waals surface area contributed by atoms with Crippen molar-refractivity contribution in [1.29, 1.82) is 0 Å². The average Bonchev–Trinajstić information content (AvgIpc) is 2.34. The van der Waals surface area contributed by atoms with Gasteiger partial charge in [-0.3, -0.25) is 0 Å².